The molecule has 2 atom stereocenters. The average Bonchev–Trinajstić information content (AvgIpc) is 3.63. The van der Waals surface area contributed by atoms with Gasteiger partial charge in [0.25, 0.3) is 0 Å². The lowest BCUT2D eigenvalue weighted by Gasteiger charge is -2.19. The molecule has 57 heavy (non-hydrogen) atoms. The summed E-state index contributed by atoms with van der Waals surface area (Å²) in [7, 11) is 0. The number of aliphatic hydroxyl groups excluding tert-OH is 1. The molecule has 0 amide bonds. The number of β-amino-alcohol motifs (C(OH)–C–C–N with tert-alkyl or cyclic N) is 1. The molecule has 0 saturated carbocycles. The number of benzene rings is 4. The second kappa shape index (κ2) is 19.5. The van der Waals surface area contributed by atoms with Gasteiger partial charge in [-0.15, -0.1) is 0 Å². The van der Waals surface area contributed by atoms with Gasteiger partial charge in [0.05, 0.1) is 23.3 Å². The number of aliphatic carboxylic acids is 1. The first kappa shape index (κ1) is 41.0. The molecule has 0 spiro atoms. The van der Waals surface area contributed by atoms with Gasteiger partial charge in [-0.05, 0) is 96.8 Å². The molecule has 1 aliphatic rings. The molecule has 296 valence electrons. The summed E-state index contributed by atoms with van der Waals surface area (Å²) in [4.78, 5) is 18.6. The number of rotatable bonds is 18. The maximum absolute atomic E-state index is 12.2. The van der Waals surface area contributed by atoms with Crippen LogP contribution in [0.4, 0.5) is 0 Å². The zero-order valence-corrected chi connectivity index (χ0v) is 32.8. The number of nitrogens with one attached hydrogen (secondary N) is 1. The second-order valence-electron chi connectivity index (χ2n) is 14.3. The summed E-state index contributed by atoms with van der Waals surface area (Å²) in [5.74, 6) is 0.725. The summed E-state index contributed by atoms with van der Waals surface area (Å²) in [5.41, 5.74) is 7.64. The van der Waals surface area contributed by atoms with Crippen LogP contribution in [0.5, 0.6) is 23.0 Å². The van der Waals surface area contributed by atoms with E-state index in [1.54, 1.807) is 36.5 Å². The fraction of sp³-hybridized carbons (Fsp3) is 0.311. The summed E-state index contributed by atoms with van der Waals surface area (Å²) >= 11 is 6.83. The van der Waals surface area contributed by atoms with E-state index in [9.17, 15) is 25.4 Å². The molecule has 4 N–H and O–H groups in total. The first-order valence-electron chi connectivity index (χ1n) is 19.0. The highest BCUT2D eigenvalue weighted by atomic mass is 35.5. The van der Waals surface area contributed by atoms with E-state index in [1.807, 2.05) is 24.3 Å². The quantitative estimate of drug-likeness (QED) is 0.0657. The summed E-state index contributed by atoms with van der Waals surface area (Å²) < 4.78 is 18.8. The number of carboxylic acids is 1. The van der Waals surface area contributed by atoms with E-state index in [4.69, 9.17) is 25.8 Å². The lowest BCUT2D eigenvalue weighted by Crippen LogP contribution is -2.38. The molecule has 5 aromatic rings. The summed E-state index contributed by atoms with van der Waals surface area (Å²) in [5, 5.41) is 42.3. The Kier molecular flexibility index (Phi) is 14.0. The highest BCUT2D eigenvalue weighted by Gasteiger charge is 2.21. The van der Waals surface area contributed by atoms with Crippen molar-refractivity contribution in [3.8, 4) is 40.2 Å². The molecule has 11 nitrogen and oxygen atoms in total. The first-order chi connectivity index (χ1) is 27.6. The van der Waals surface area contributed by atoms with Crippen LogP contribution in [0.15, 0.2) is 91.3 Å². The zero-order chi connectivity index (χ0) is 40.3. The number of likely N-dealkylation sites (tertiary alicyclic amines) is 1. The predicted molar refractivity (Wildman–Crippen MR) is 218 cm³/mol. The molecule has 0 radical (unpaired) electrons. The van der Waals surface area contributed by atoms with E-state index in [1.165, 1.54) is 18.3 Å². The molecule has 0 bridgehead atoms. The molecule has 0 aliphatic carbocycles. The lowest BCUT2D eigenvalue weighted by molar-refractivity contribution is -0.139. The Morgan fingerprint density at radius 3 is 2.42 bits per heavy atom. The van der Waals surface area contributed by atoms with E-state index < -0.39 is 12.0 Å². The van der Waals surface area contributed by atoms with Crippen LogP contribution in [-0.2, 0) is 31.0 Å². The Hall–Kier alpha value is -5.64. The Labute approximate surface area is 338 Å². The predicted octanol–water partition coefficient (Wildman–Crippen LogP) is 7.38. The smallest absolute Gasteiger partial charge is 0.321 e. The van der Waals surface area contributed by atoms with Crippen molar-refractivity contribution in [3.05, 3.63) is 135 Å². The topological polar surface area (TPSA) is 157 Å². The van der Waals surface area contributed by atoms with Crippen molar-refractivity contribution in [3.63, 3.8) is 0 Å². The van der Waals surface area contributed by atoms with Gasteiger partial charge in [0.15, 0.2) is 0 Å². The molecule has 0 unspecified atom stereocenters. The molecule has 1 saturated heterocycles. The van der Waals surface area contributed by atoms with E-state index >= 15 is 0 Å². The minimum absolute atomic E-state index is 0.0956. The van der Waals surface area contributed by atoms with Crippen molar-refractivity contribution in [1.82, 2.24) is 15.2 Å². The molecule has 2 heterocycles. The second-order valence-corrected chi connectivity index (χ2v) is 14.7. The number of nitriles is 1. The highest BCUT2D eigenvalue weighted by Crippen LogP contribution is 2.36. The van der Waals surface area contributed by atoms with Gasteiger partial charge in [-0.25, -0.2) is 0 Å². The van der Waals surface area contributed by atoms with E-state index in [2.05, 4.69) is 47.3 Å². The number of carboxylic acid groups (broad SMARTS) is 1. The molecule has 12 heteroatoms. The van der Waals surface area contributed by atoms with Crippen molar-refractivity contribution >= 4 is 17.6 Å². The number of phenolic OH excluding ortho intramolecular Hbond substituents is 1. The number of hydrogen-bond acceptors (Lipinski definition) is 10. The Morgan fingerprint density at radius 1 is 0.930 bits per heavy atom. The lowest BCUT2D eigenvalue weighted by atomic mass is 9.93. The Morgan fingerprint density at radius 2 is 1.68 bits per heavy atom. The maximum Gasteiger partial charge on any atom is 0.321 e. The standard InChI is InChI=1S/C45H47ClN4O7/c1-29-34(6-3-7-38(29)39-8-4-9-42(30(39)2)55-17-5-15-50-16-14-37(52)26-50)28-57-44-21-43(56-27-33-18-32(22-47)23-48-24-33)35(20-40(44)46)25-49-41(45(53)54)19-31-10-12-36(51)13-11-31/h3-4,6-13,18,20-21,23-24,37,41,49,51-52H,5,14-17,19,25-28H2,1-2H3,(H,53,54)/t37-,41+/m1/s1. The van der Waals surface area contributed by atoms with Gasteiger partial charge in [-0.1, -0.05) is 54.1 Å². The monoisotopic (exact) mass is 790 g/mol. The van der Waals surface area contributed by atoms with Gasteiger partial charge in [-0.2, -0.15) is 5.26 Å². The van der Waals surface area contributed by atoms with Crippen molar-refractivity contribution in [2.75, 3.05) is 26.2 Å². The minimum atomic E-state index is -1.03. The number of nitrogens with zero attached hydrogens (tertiary/aromatic N) is 3. The third-order valence-corrected chi connectivity index (χ3v) is 10.5. The number of ether oxygens (including phenoxy) is 3. The van der Waals surface area contributed by atoms with Crippen LogP contribution in [0.3, 0.4) is 0 Å². The number of aromatic nitrogens is 1. The molecule has 6 rings (SSSR count). The fourth-order valence-corrected chi connectivity index (χ4v) is 7.17. The summed E-state index contributed by atoms with van der Waals surface area (Å²) in [6.45, 7) is 7.72. The van der Waals surface area contributed by atoms with Crippen LogP contribution in [-0.4, -0.2) is 69.6 Å². The average molecular weight is 791 g/mol. The fourth-order valence-electron chi connectivity index (χ4n) is 6.93. The third kappa shape index (κ3) is 11.0. The van der Waals surface area contributed by atoms with Crippen LogP contribution < -0.4 is 19.5 Å². The minimum Gasteiger partial charge on any atom is -0.508 e. The van der Waals surface area contributed by atoms with Crippen LogP contribution in [0.1, 0.15) is 51.8 Å². The highest BCUT2D eigenvalue weighted by molar-refractivity contribution is 6.32. The third-order valence-electron chi connectivity index (χ3n) is 10.2. The van der Waals surface area contributed by atoms with Gasteiger partial charge in [0, 0.05) is 55.8 Å². The zero-order valence-electron chi connectivity index (χ0n) is 32.1. The SMILES string of the molecule is Cc1c(COc2cc(OCc3cncc(C#N)c3)c(CN[C@@H](Cc3ccc(O)cc3)C(=O)O)cc2Cl)cccc1-c1cccc(OCCCN2CC[C@@H](O)C2)c1C. The van der Waals surface area contributed by atoms with Gasteiger partial charge in [0.2, 0.25) is 0 Å². The van der Waals surface area contributed by atoms with Crippen LogP contribution in [0.2, 0.25) is 5.02 Å². The summed E-state index contributed by atoms with van der Waals surface area (Å²) in [6, 6.07) is 24.9. The van der Waals surface area contributed by atoms with Gasteiger partial charge in [-0.3, -0.25) is 15.1 Å². The molecule has 1 aliphatic heterocycles. The van der Waals surface area contributed by atoms with Crippen LogP contribution >= 0.6 is 11.6 Å². The number of halogens is 1. The van der Waals surface area contributed by atoms with Crippen LogP contribution in [0, 0.1) is 25.2 Å². The number of hydrogen-bond donors (Lipinski definition) is 4. The van der Waals surface area contributed by atoms with Crippen molar-refractivity contribution in [2.45, 2.75) is 65.0 Å². The molecular weight excluding hydrogens is 744 g/mol. The number of aliphatic hydroxyl groups is 1. The van der Waals surface area contributed by atoms with E-state index in [0.29, 0.717) is 39.8 Å². The molecule has 4 aromatic carbocycles. The number of pyridine rings is 1. The largest absolute Gasteiger partial charge is 0.508 e. The molecule has 1 fully saturated rings. The van der Waals surface area contributed by atoms with Crippen molar-refractivity contribution < 1.29 is 34.3 Å². The summed E-state index contributed by atoms with van der Waals surface area (Å²) in [6.07, 6.45) is 4.77. The maximum atomic E-state index is 12.2. The number of carbonyl (C=O) groups is 1. The van der Waals surface area contributed by atoms with E-state index in [0.717, 1.165) is 71.6 Å². The Bertz CT molecular complexity index is 2210. The van der Waals surface area contributed by atoms with Crippen molar-refractivity contribution in [2.24, 2.45) is 0 Å². The molecule has 1 aromatic heterocycles. The normalized spacial score (nSPS) is 14.5. The van der Waals surface area contributed by atoms with Crippen molar-refractivity contribution in [1.29, 1.82) is 5.26 Å². The van der Waals surface area contributed by atoms with E-state index in [-0.39, 0.29) is 38.0 Å². The van der Waals surface area contributed by atoms with Gasteiger partial charge >= 0.3 is 5.97 Å². The molecular formula is C45H47ClN4O7. The number of phenols is 1. The van der Waals surface area contributed by atoms with Gasteiger partial charge in [0.1, 0.15) is 48.3 Å². The van der Waals surface area contributed by atoms with Gasteiger partial charge < -0.3 is 34.4 Å². The van der Waals surface area contributed by atoms with Crippen LogP contribution in [0.25, 0.3) is 11.1 Å². The first-order valence-corrected chi connectivity index (χ1v) is 19.3. The number of aromatic hydroxyl groups is 1. The Balaban J connectivity index is 1.17.